The number of fused-ring (bicyclic) bond motifs is 4. The molecule has 1 aromatic heterocycles. The first-order chi connectivity index (χ1) is 9.36. The number of hydrogen-bond acceptors (Lipinski definition) is 2. The number of hydrogen-bond donors (Lipinski definition) is 0. The van der Waals surface area contributed by atoms with Gasteiger partial charge in [-0.3, -0.25) is 9.59 Å². The molecule has 7 heteroatoms. The first kappa shape index (κ1) is 13.2. The Morgan fingerprint density at radius 2 is 1.95 bits per heavy atom. The fourth-order valence-corrected chi connectivity index (χ4v) is 3.24. The molecule has 2 aliphatic heterocycles. The number of halogens is 3. The summed E-state index contributed by atoms with van der Waals surface area (Å²) in [5, 5.41) is 0. The Labute approximate surface area is 112 Å². The van der Waals surface area contributed by atoms with Crippen LogP contribution in [0.2, 0.25) is 0 Å². The van der Waals surface area contributed by atoms with Crippen LogP contribution in [0.3, 0.4) is 0 Å². The third-order valence-corrected chi connectivity index (χ3v) is 4.01. The number of piperidine rings is 1. The number of amides is 1. The highest BCUT2D eigenvalue weighted by atomic mass is 19.4. The third-order valence-electron chi connectivity index (χ3n) is 4.01. The van der Waals surface area contributed by atoms with E-state index < -0.39 is 12.1 Å². The number of alkyl halides is 3. The van der Waals surface area contributed by atoms with Crippen LogP contribution < -0.4 is 5.56 Å². The van der Waals surface area contributed by atoms with E-state index in [0.717, 1.165) is 17.0 Å². The average molecular weight is 286 g/mol. The first-order valence-corrected chi connectivity index (χ1v) is 6.42. The number of pyridine rings is 1. The lowest BCUT2D eigenvalue weighted by atomic mass is 9.83. The zero-order valence-corrected chi connectivity index (χ0v) is 10.6. The maximum absolute atomic E-state index is 12.5. The smallest absolute Gasteiger partial charge is 0.334 e. The van der Waals surface area contributed by atoms with Crippen molar-refractivity contribution in [3.8, 4) is 0 Å². The van der Waals surface area contributed by atoms with Crippen LogP contribution in [0.4, 0.5) is 13.2 Å². The summed E-state index contributed by atoms with van der Waals surface area (Å²) in [6.07, 6.45) is -4.10. The zero-order valence-electron chi connectivity index (χ0n) is 10.6. The van der Waals surface area contributed by atoms with Gasteiger partial charge < -0.3 is 9.47 Å². The van der Waals surface area contributed by atoms with E-state index in [-0.39, 0.29) is 30.5 Å². The summed E-state index contributed by atoms with van der Waals surface area (Å²) in [5.74, 6) is -2.06. The largest absolute Gasteiger partial charge is 0.471 e. The number of rotatable bonds is 0. The molecule has 0 unspecified atom stereocenters. The van der Waals surface area contributed by atoms with E-state index in [9.17, 15) is 22.8 Å². The molecule has 0 aromatic carbocycles. The van der Waals surface area contributed by atoms with Crippen molar-refractivity contribution in [1.82, 2.24) is 9.47 Å². The van der Waals surface area contributed by atoms with Crippen LogP contribution in [0.25, 0.3) is 0 Å². The minimum atomic E-state index is -4.83. The number of nitrogens with zero attached hydrogens (tertiary/aromatic N) is 2. The summed E-state index contributed by atoms with van der Waals surface area (Å²) in [6.45, 7) is 0.473. The normalized spacial score (nSPS) is 25.2. The second-order valence-corrected chi connectivity index (χ2v) is 5.41. The summed E-state index contributed by atoms with van der Waals surface area (Å²) in [6, 6.07) is 4.81. The Kier molecular flexibility index (Phi) is 2.88. The summed E-state index contributed by atoms with van der Waals surface area (Å²) < 4.78 is 39.2. The second-order valence-electron chi connectivity index (χ2n) is 5.41. The van der Waals surface area contributed by atoms with Crippen molar-refractivity contribution in [3.63, 3.8) is 0 Å². The molecule has 1 saturated heterocycles. The molecular formula is C13H13F3N2O2. The molecule has 3 rings (SSSR count). The highest BCUT2D eigenvalue weighted by Gasteiger charge is 2.46. The maximum atomic E-state index is 12.5. The minimum Gasteiger partial charge on any atom is -0.334 e. The van der Waals surface area contributed by atoms with E-state index in [1.54, 1.807) is 16.7 Å². The van der Waals surface area contributed by atoms with Crippen molar-refractivity contribution >= 4 is 5.91 Å². The summed E-state index contributed by atoms with van der Waals surface area (Å²) in [4.78, 5) is 24.0. The molecular weight excluding hydrogens is 273 g/mol. The molecule has 0 N–H and O–H groups in total. The molecule has 0 saturated carbocycles. The monoisotopic (exact) mass is 286 g/mol. The van der Waals surface area contributed by atoms with Crippen molar-refractivity contribution < 1.29 is 18.0 Å². The van der Waals surface area contributed by atoms with Gasteiger partial charge in [-0.05, 0) is 18.4 Å². The Hall–Kier alpha value is -1.79. The van der Waals surface area contributed by atoms with Gasteiger partial charge >= 0.3 is 12.1 Å². The van der Waals surface area contributed by atoms with E-state index in [1.165, 1.54) is 6.07 Å². The molecule has 1 amide bonds. The molecule has 2 bridgehead atoms. The van der Waals surface area contributed by atoms with Crippen LogP contribution in [-0.4, -0.2) is 34.6 Å². The van der Waals surface area contributed by atoms with Crippen molar-refractivity contribution in [2.75, 3.05) is 13.1 Å². The molecule has 3 heterocycles. The van der Waals surface area contributed by atoms with Gasteiger partial charge in [0.25, 0.3) is 5.56 Å². The lowest BCUT2D eigenvalue weighted by Crippen LogP contribution is -2.52. The highest BCUT2D eigenvalue weighted by molar-refractivity contribution is 5.82. The van der Waals surface area contributed by atoms with Crippen LogP contribution >= 0.6 is 0 Å². The molecule has 1 aromatic rings. The molecule has 0 aliphatic carbocycles. The minimum absolute atomic E-state index is 0.0261. The Morgan fingerprint density at radius 3 is 2.65 bits per heavy atom. The first-order valence-electron chi connectivity index (χ1n) is 6.42. The quantitative estimate of drug-likeness (QED) is 0.722. The van der Waals surface area contributed by atoms with Gasteiger partial charge in [0.1, 0.15) is 0 Å². The number of likely N-dealkylation sites (tertiary alicyclic amines) is 1. The van der Waals surface area contributed by atoms with E-state index in [1.807, 2.05) is 0 Å². The fourth-order valence-electron chi connectivity index (χ4n) is 3.24. The van der Waals surface area contributed by atoms with Gasteiger partial charge in [0, 0.05) is 37.3 Å². The maximum Gasteiger partial charge on any atom is 0.471 e. The van der Waals surface area contributed by atoms with Crippen molar-refractivity contribution in [1.29, 1.82) is 0 Å². The third kappa shape index (κ3) is 2.10. The van der Waals surface area contributed by atoms with E-state index in [2.05, 4.69) is 0 Å². The standard InChI is InChI=1S/C13H13F3N2O2/c14-13(15,16)12(20)17-5-8-4-9(7-17)10-2-1-3-11(19)18(10)6-8/h1-3,8-9H,4-7H2/t8-,9+/m1/s1. The van der Waals surface area contributed by atoms with Crippen molar-refractivity contribution in [2.45, 2.75) is 25.1 Å². The van der Waals surface area contributed by atoms with Gasteiger partial charge in [0.2, 0.25) is 0 Å². The lowest BCUT2D eigenvalue weighted by molar-refractivity contribution is -0.187. The molecule has 1 fully saturated rings. The van der Waals surface area contributed by atoms with Crippen LogP contribution in [0.5, 0.6) is 0 Å². The zero-order chi connectivity index (χ0) is 14.5. The molecule has 0 radical (unpaired) electrons. The van der Waals surface area contributed by atoms with Crippen molar-refractivity contribution in [2.24, 2.45) is 5.92 Å². The van der Waals surface area contributed by atoms with Gasteiger partial charge in [-0.25, -0.2) is 0 Å². The predicted molar refractivity (Wildman–Crippen MR) is 64.2 cm³/mol. The Morgan fingerprint density at radius 1 is 1.20 bits per heavy atom. The highest BCUT2D eigenvalue weighted by Crippen LogP contribution is 2.36. The van der Waals surface area contributed by atoms with Crippen LogP contribution in [0.15, 0.2) is 23.0 Å². The van der Waals surface area contributed by atoms with E-state index in [4.69, 9.17) is 0 Å². The van der Waals surface area contributed by atoms with Gasteiger partial charge in [-0.15, -0.1) is 0 Å². The topological polar surface area (TPSA) is 42.3 Å². The van der Waals surface area contributed by atoms with Crippen LogP contribution in [-0.2, 0) is 11.3 Å². The Balaban J connectivity index is 1.91. The van der Waals surface area contributed by atoms with E-state index in [0.29, 0.717) is 6.54 Å². The molecule has 20 heavy (non-hydrogen) atoms. The van der Waals surface area contributed by atoms with Crippen LogP contribution in [0.1, 0.15) is 18.0 Å². The van der Waals surface area contributed by atoms with E-state index >= 15 is 0 Å². The van der Waals surface area contributed by atoms with Gasteiger partial charge in [0.05, 0.1) is 0 Å². The number of carbonyl (C=O) groups is 1. The summed E-state index contributed by atoms with van der Waals surface area (Å²) in [7, 11) is 0. The average Bonchev–Trinajstić information content (AvgIpc) is 2.38. The predicted octanol–water partition coefficient (Wildman–Crippen LogP) is 1.36. The fraction of sp³-hybridized carbons (Fsp3) is 0.538. The van der Waals surface area contributed by atoms with Crippen molar-refractivity contribution in [3.05, 3.63) is 34.2 Å². The molecule has 2 atom stereocenters. The molecule has 0 spiro atoms. The van der Waals surface area contributed by atoms with Gasteiger partial charge in [-0.2, -0.15) is 13.2 Å². The lowest BCUT2D eigenvalue weighted by Gasteiger charge is -2.42. The number of aromatic nitrogens is 1. The Bertz CT molecular complexity index is 608. The SMILES string of the molecule is O=C(N1C[C@H]2C[C@@H](C1)c1cccc(=O)n1C2)C(F)(F)F. The van der Waals surface area contributed by atoms with Gasteiger partial charge in [0.15, 0.2) is 0 Å². The van der Waals surface area contributed by atoms with Gasteiger partial charge in [-0.1, -0.05) is 6.07 Å². The van der Waals surface area contributed by atoms with Crippen LogP contribution in [0, 0.1) is 5.92 Å². The molecule has 108 valence electrons. The second kappa shape index (κ2) is 4.36. The molecule has 4 nitrogen and oxygen atoms in total. The molecule has 2 aliphatic rings. The summed E-state index contributed by atoms with van der Waals surface area (Å²) in [5.41, 5.74) is 0.598. The summed E-state index contributed by atoms with van der Waals surface area (Å²) >= 11 is 0. The number of carbonyl (C=O) groups excluding carboxylic acids is 1.